The largest absolute Gasteiger partial charge is 0.467 e. The van der Waals surface area contributed by atoms with Crippen LogP contribution >= 0.6 is 11.3 Å². The van der Waals surface area contributed by atoms with Crippen LogP contribution in [-0.2, 0) is 0 Å². The SMILES string of the molecule is O=C(c1ccc2c(c1)OCO2)N1CCC(N2CCC(Oc3nccs3)CC2)CC1. The number of piperidine rings is 2. The van der Waals surface area contributed by atoms with Gasteiger partial charge < -0.3 is 19.1 Å². The summed E-state index contributed by atoms with van der Waals surface area (Å²) in [4.78, 5) is 21.6. The Morgan fingerprint density at radius 2 is 1.86 bits per heavy atom. The standard InChI is InChI=1S/C21H25N3O4S/c25-20(15-1-2-18-19(13-15)27-14-26-18)24-8-3-16(4-9-24)23-10-5-17(6-11-23)28-21-22-7-12-29-21/h1-2,7,12-13,16-17H,3-6,8-11,14H2. The van der Waals surface area contributed by atoms with Crippen LogP contribution in [0.25, 0.3) is 0 Å². The van der Waals surface area contributed by atoms with Gasteiger partial charge in [0, 0.05) is 49.4 Å². The number of nitrogens with zero attached hydrogens (tertiary/aromatic N) is 3. The third-order valence-corrected chi connectivity index (χ3v) is 6.70. The summed E-state index contributed by atoms with van der Waals surface area (Å²) in [6, 6.07) is 6.00. The van der Waals surface area contributed by atoms with Gasteiger partial charge in [-0.05, 0) is 43.9 Å². The molecular formula is C21H25N3O4S. The van der Waals surface area contributed by atoms with E-state index >= 15 is 0 Å². The van der Waals surface area contributed by atoms with Crippen molar-refractivity contribution in [2.75, 3.05) is 33.0 Å². The molecule has 0 spiro atoms. The maximum atomic E-state index is 12.9. The number of thiazole rings is 1. The summed E-state index contributed by atoms with van der Waals surface area (Å²) in [6.07, 6.45) is 6.17. The normalized spacial score (nSPS) is 20.8. The lowest BCUT2D eigenvalue weighted by Gasteiger charge is -2.41. The Bertz CT molecular complexity index is 844. The lowest BCUT2D eigenvalue weighted by molar-refractivity contribution is 0.0425. The van der Waals surface area contributed by atoms with Crippen molar-refractivity contribution in [1.29, 1.82) is 0 Å². The Morgan fingerprint density at radius 1 is 1.07 bits per heavy atom. The van der Waals surface area contributed by atoms with E-state index in [1.165, 1.54) is 0 Å². The van der Waals surface area contributed by atoms with Gasteiger partial charge in [-0.1, -0.05) is 11.3 Å². The molecule has 3 aliphatic heterocycles. The van der Waals surface area contributed by atoms with Crippen LogP contribution in [0.2, 0.25) is 0 Å². The Morgan fingerprint density at radius 3 is 2.62 bits per heavy atom. The molecular weight excluding hydrogens is 390 g/mol. The molecule has 2 fully saturated rings. The Balaban J connectivity index is 1.11. The van der Waals surface area contributed by atoms with E-state index in [2.05, 4.69) is 9.88 Å². The minimum atomic E-state index is 0.0808. The van der Waals surface area contributed by atoms with E-state index in [0.29, 0.717) is 23.1 Å². The highest BCUT2D eigenvalue weighted by atomic mass is 32.1. The molecule has 7 nitrogen and oxygen atoms in total. The fraction of sp³-hybridized carbons (Fsp3) is 0.524. The number of rotatable bonds is 4. The monoisotopic (exact) mass is 415 g/mol. The van der Waals surface area contributed by atoms with Gasteiger partial charge in [0.15, 0.2) is 11.5 Å². The van der Waals surface area contributed by atoms with Gasteiger partial charge in [0.1, 0.15) is 6.10 Å². The third kappa shape index (κ3) is 4.04. The highest BCUT2D eigenvalue weighted by Crippen LogP contribution is 2.33. The van der Waals surface area contributed by atoms with Crippen molar-refractivity contribution in [3.63, 3.8) is 0 Å². The molecule has 3 aliphatic rings. The topological polar surface area (TPSA) is 64.1 Å². The fourth-order valence-corrected chi connectivity index (χ4v) is 4.97. The summed E-state index contributed by atoms with van der Waals surface area (Å²) in [5, 5.41) is 2.72. The molecule has 29 heavy (non-hydrogen) atoms. The second kappa shape index (κ2) is 8.20. The van der Waals surface area contributed by atoms with Crippen LogP contribution in [-0.4, -0.2) is 65.8 Å². The highest BCUT2D eigenvalue weighted by molar-refractivity contribution is 7.11. The molecule has 1 amide bonds. The molecule has 1 aromatic heterocycles. The molecule has 0 aliphatic carbocycles. The van der Waals surface area contributed by atoms with Gasteiger partial charge in [-0.25, -0.2) is 4.98 Å². The Kier molecular flexibility index (Phi) is 5.28. The number of benzene rings is 1. The first-order valence-corrected chi connectivity index (χ1v) is 11.1. The summed E-state index contributed by atoms with van der Waals surface area (Å²) in [5.74, 6) is 1.45. The number of aromatic nitrogens is 1. The molecule has 0 atom stereocenters. The third-order valence-electron chi connectivity index (χ3n) is 6.04. The predicted molar refractivity (Wildman–Crippen MR) is 109 cm³/mol. The van der Waals surface area contributed by atoms with Crippen LogP contribution in [0.15, 0.2) is 29.8 Å². The van der Waals surface area contributed by atoms with Gasteiger partial charge in [-0.3, -0.25) is 9.69 Å². The number of amides is 1. The van der Waals surface area contributed by atoms with E-state index in [0.717, 1.165) is 57.1 Å². The number of ether oxygens (including phenoxy) is 3. The molecule has 0 saturated carbocycles. The Hall–Kier alpha value is -2.32. The fourth-order valence-electron chi connectivity index (χ4n) is 4.42. The zero-order valence-electron chi connectivity index (χ0n) is 16.3. The van der Waals surface area contributed by atoms with Crippen molar-refractivity contribution in [2.24, 2.45) is 0 Å². The molecule has 2 aromatic rings. The number of hydrogen-bond donors (Lipinski definition) is 0. The smallest absolute Gasteiger partial charge is 0.273 e. The number of carbonyl (C=O) groups is 1. The molecule has 0 N–H and O–H groups in total. The summed E-state index contributed by atoms with van der Waals surface area (Å²) in [7, 11) is 0. The summed E-state index contributed by atoms with van der Waals surface area (Å²) < 4.78 is 16.7. The van der Waals surface area contributed by atoms with E-state index in [-0.39, 0.29) is 18.8 Å². The molecule has 0 radical (unpaired) electrons. The molecule has 2 saturated heterocycles. The minimum absolute atomic E-state index is 0.0808. The van der Waals surface area contributed by atoms with Crippen LogP contribution in [0.5, 0.6) is 16.7 Å². The second-order valence-corrected chi connectivity index (χ2v) is 8.60. The first-order valence-electron chi connectivity index (χ1n) is 10.3. The van der Waals surface area contributed by atoms with E-state index in [1.807, 2.05) is 22.4 Å². The zero-order valence-corrected chi connectivity index (χ0v) is 17.1. The quantitative estimate of drug-likeness (QED) is 0.765. The summed E-state index contributed by atoms with van der Waals surface area (Å²) >= 11 is 1.55. The van der Waals surface area contributed by atoms with Crippen LogP contribution in [0.4, 0.5) is 0 Å². The van der Waals surface area contributed by atoms with Gasteiger partial charge in [0.05, 0.1) is 0 Å². The number of likely N-dealkylation sites (tertiary alicyclic amines) is 2. The van der Waals surface area contributed by atoms with Crippen molar-refractivity contribution in [2.45, 2.75) is 37.8 Å². The lowest BCUT2D eigenvalue weighted by Crippen LogP contribution is -2.50. The summed E-state index contributed by atoms with van der Waals surface area (Å²) in [5.41, 5.74) is 0.674. The maximum Gasteiger partial charge on any atom is 0.273 e. The van der Waals surface area contributed by atoms with E-state index in [9.17, 15) is 4.79 Å². The molecule has 1 aromatic carbocycles. The number of fused-ring (bicyclic) bond motifs is 1. The van der Waals surface area contributed by atoms with Crippen LogP contribution in [0.3, 0.4) is 0 Å². The van der Waals surface area contributed by atoms with Crippen molar-refractivity contribution in [3.05, 3.63) is 35.3 Å². The highest BCUT2D eigenvalue weighted by Gasteiger charge is 2.31. The van der Waals surface area contributed by atoms with Crippen molar-refractivity contribution in [3.8, 4) is 16.7 Å². The van der Waals surface area contributed by atoms with Crippen LogP contribution in [0, 0.1) is 0 Å². The van der Waals surface area contributed by atoms with Crippen LogP contribution < -0.4 is 14.2 Å². The van der Waals surface area contributed by atoms with Crippen molar-refractivity contribution in [1.82, 2.24) is 14.8 Å². The number of carbonyl (C=O) groups excluding carboxylic acids is 1. The van der Waals surface area contributed by atoms with E-state index in [1.54, 1.807) is 23.6 Å². The average Bonchev–Trinajstić information content (AvgIpc) is 3.45. The molecule has 0 unspecified atom stereocenters. The second-order valence-electron chi connectivity index (χ2n) is 7.74. The first kappa shape index (κ1) is 18.7. The lowest BCUT2D eigenvalue weighted by atomic mass is 9.98. The van der Waals surface area contributed by atoms with E-state index < -0.39 is 0 Å². The summed E-state index contributed by atoms with van der Waals surface area (Å²) in [6.45, 7) is 3.93. The van der Waals surface area contributed by atoms with Gasteiger partial charge in [0.25, 0.3) is 11.1 Å². The zero-order chi connectivity index (χ0) is 19.6. The molecule has 5 rings (SSSR count). The van der Waals surface area contributed by atoms with Gasteiger partial charge >= 0.3 is 0 Å². The number of hydrogen-bond acceptors (Lipinski definition) is 7. The first-order chi connectivity index (χ1) is 14.3. The van der Waals surface area contributed by atoms with Gasteiger partial charge in [-0.15, -0.1) is 0 Å². The molecule has 0 bridgehead atoms. The Labute approximate surface area is 174 Å². The minimum Gasteiger partial charge on any atom is -0.467 e. The van der Waals surface area contributed by atoms with Crippen molar-refractivity contribution >= 4 is 17.2 Å². The average molecular weight is 416 g/mol. The predicted octanol–water partition coefficient (Wildman–Crippen LogP) is 3.02. The molecule has 4 heterocycles. The van der Waals surface area contributed by atoms with Gasteiger partial charge in [0.2, 0.25) is 6.79 Å². The molecule has 8 heteroatoms. The van der Waals surface area contributed by atoms with Crippen LogP contribution in [0.1, 0.15) is 36.0 Å². The van der Waals surface area contributed by atoms with Gasteiger partial charge in [-0.2, -0.15) is 0 Å². The maximum absolute atomic E-state index is 12.9. The van der Waals surface area contributed by atoms with E-state index in [4.69, 9.17) is 14.2 Å². The van der Waals surface area contributed by atoms with Crippen molar-refractivity contribution < 1.29 is 19.0 Å². The molecule has 154 valence electrons.